The third kappa shape index (κ3) is 4.44. The molecule has 0 aliphatic rings. The number of rotatable bonds is 6. The Labute approximate surface area is 101 Å². The fraction of sp³-hybridized carbons (Fsp3) is 0.636. The Bertz CT molecular complexity index is 354. The van der Waals surface area contributed by atoms with Crippen LogP contribution >= 0.6 is 0 Å². The molecule has 0 atom stereocenters. The van der Waals surface area contributed by atoms with Crippen molar-refractivity contribution in [3.8, 4) is 0 Å². The van der Waals surface area contributed by atoms with Crippen molar-refractivity contribution in [2.24, 2.45) is 10.7 Å². The van der Waals surface area contributed by atoms with Gasteiger partial charge in [0.1, 0.15) is 5.76 Å². The van der Waals surface area contributed by atoms with Crippen LogP contribution in [0.4, 0.5) is 0 Å². The number of aliphatic imine (C=N–C) groups is 1. The molecule has 0 aliphatic carbocycles. The van der Waals surface area contributed by atoms with E-state index in [1.807, 2.05) is 13.8 Å². The molecule has 0 unspecified atom stereocenters. The first-order valence-electron chi connectivity index (χ1n) is 5.59. The van der Waals surface area contributed by atoms with Crippen molar-refractivity contribution in [3.63, 3.8) is 0 Å². The van der Waals surface area contributed by atoms with Crippen LogP contribution in [0.1, 0.15) is 17.0 Å². The molecule has 1 aromatic rings. The van der Waals surface area contributed by atoms with Crippen molar-refractivity contribution in [2.45, 2.75) is 20.3 Å². The van der Waals surface area contributed by atoms with Gasteiger partial charge in [-0.15, -0.1) is 0 Å². The summed E-state index contributed by atoms with van der Waals surface area (Å²) in [4.78, 5) is 4.10. The molecule has 0 aromatic carbocycles. The van der Waals surface area contributed by atoms with Gasteiger partial charge < -0.3 is 20.3 Å². The van der Waals surface area contributed by atoms with Crippen molar-refractivity contribution in [1.29, 1.82) is 0 Å². The molecule has 96 valence electrons. The summed E-state index contributed by atoms with van der Waals surface area (Å²) < 4.78 is 9.95. The Kier molecular flexibility index (Phi) is 5.48. The van der Waals surface area contributed by atoms with Crippen molar-refractivity contribution < 1.29 is 9.26 Å². The van der Waals surface area contributed by atoms with Crippen molar-refractivity contribution in [1.82, 2.24) is 10.5 Å². The van der Waals surface area contributed by atoms with E-state index < -0.39 is 0 Å². The second-order valence-corrected chi connectivity index (χ2v) is 3.74. The average molecular weight is 240 g/mol. The molecule has 1 aromatic heterocycles. The molecule has 1 rings (SSSR count). The normalized spacial score (nSPS) is 11.8. The molecule has 0 aliphatic heterocycles. The highest BCUT2D eigenvalue weighted by atomic mass is 16.5. The van der Waals surface area contributed by atoms with E-state index in [-0.39, 0.29) is 0 Å². The van der Waals surface area contributed by atoms with E-state index >= 15 is 0 Å². The Morgan fingerprint density at radius 3 is 2.88 bits per heavy atom. The summed E-state index contributed by atoms with van der Waals surface area (Å²) in [6.45, 7) is 5.70. The monoisotopic (exact) mass is 240 g/mol. The molecule has 0 radical (unpaired) electrons. The lowest BCUT2D eigenvalue weighted by molar-refractivity contribution is 0.208. The van der Waals surface area contributed by atoms with Crippen LogP contribution in [0.3, 0.4) is 0 Å². The Hall–Kier alpha value is -1.56. The van der Waals surface area contributed by atoms with Crippen LogP contribution in [0.2, 0.25) is 0 Å². The van der Waals surface area contributed by atoms with Crippen LogP contribution in [0.25, 0.3) is 0 Å². The molecule has 0 amide bonds. The van der Waals surface area contributed by atoms with Crippen LogP contribution in [-0.4, -0.2) is 37.9 Å². The zero-order chi connectivity index (χ0) is 12.7. The number of hydrogen-bond donors (Lipinski definition) is 2. The summed E-state index contributed by atoms with van der Waals surface area (Å²) in [6, 6.07) is 0. The molecule has 1 heterocycles. The molecule has 17 heavy (non-hydrogen) atoms. The summed E-state index contributed by atoms with van der Waals surface area (Å²) in [6.07, 6.45) is 0.821. The summed E-state index contributed by atoms with van der Waals surface area (Å²) in [5.41, 5.74) is 7.73. The Balaban J connectivity index is 2.30. The molecule has 0 saturated carbocycles. The first-order valence-corrected chi connectivity index (χ1v) is 5.59. The largest absolute Gasteiger partial charge is 0.383 e. The Morgan fingerprint density at radius 2 is 2.29 bits per heavy atom. The molecule has 3 N–H and O–H groups in total. The van der Waals surface area contributed by atoms with Gasteiger partial charge in [0, 0.05) is 19.2 Å². The standard InChI is InChI=1S/C11H20N4O2/c1-8-10(9(2)17-15-8)4-5-13-11(12)14-6-7-16-3/h4-7H2,1-3H3,(H3,12,13,14). The van der Waals surface area contributed by atoms with Gasteiger partial charge in [0.05, 0.1) is 18.8 Å². The number of ether oxygens (including phenoxy) is 1. The Morgan fingerprint density at radius 1 is 1.53 bits per heavy atom. The third-order valence-corrected chi connectivity index (χ3v) is 2.44. The smallest absolute Gasteiger partial charge is 0.188 e. The minimum atomic E-state index is 0.439. The topological polar surface area (TPSA) is 85.7 Å². The lowest BCUT2D eigenvalue weighted by Gasteiger charge is -2.05. The average Bonchev–Trinajstić information content (AvgIpc) is 2.61. The summed E-state index contributed by atoms with van der Waals surface area (Å²) >= 11 is 0. The van der Waals surface area contributed by atoms with E-state index in [0.29, 0.717) is 25.7 Å². The molecule has 0 spiro atoms. The van der Waals surface area contributed by atoms with Gasteiger partial charge in [-0.2, -0.15) is 0 Å². The molecular formula is C11H20N4O2. The van der Waals surface area contributed by atoms with E-state index in [1.165, 1.54) is 0 Å². The quantitative estimate of drug-likeness (QED) is 0.426. The summed E-state index contributed by atoms with van der Waals surface area (Å²) in [5.74, 6) is 1.30. The number of methoxy groups -OCH3 is 1. The fourth-order valence-electron chi connectivity index (χ4n) is 1.49. The van der Waals surface area contributed by atoms with Gasteiger partial charge >= 0.3 is 0 Å². The van der Waals surface area contributed by atoms with Gasteiger partial charge in [-0.3, -0.25) is 4.99 Å². The summed E-state index contributed by atoms with van der Waals surface area (Å²) in [7, 11) is 1.64. The first-order chi connectivity index (χ1) is 8.15. The molecule has 0 bridgehead atoms. The van der Waals surface area contributed by atoms with Crippen molar-refractivity contribution in [2.75, 3.05) is 26.8 Å². The highest BCUT2D eigenvalue weighted by Crippen LogP contribution is 2.11. The highest BCUT2D eigenvalue weighted by molar-refractivity contribution is 5.77. The zero-order valence-corrected chi connectivity index (χ0v) is 10.6. The van der Waals surface area contributed by atoms with Gasteiger partial charge in [-0.05, 0) is 20.3 Å². The number of aromatic nitrogens is 1. The van der Waals surface area contributed by atoms with Crippen molar-refractivity contribution in [3.05, 3.63) is 17.0 Å². The minimum Gasteiger partial charge on any atom is -0.383 e. The van der Waals surface area contributed by atoms with Crippen LogP contribution < -0.4 is 11.1 Å². The number of hydrogen-bond acceptors (Lipinski definition) is 4. The maximum Gasteiger partial charge on any atom is 0.188 e. The maximum absolute atomic E-state index is 5.67. The van der Waals surface area contributed by atoms with Crippen LogP contribution in [0.15, 0.2) is 9.52 Å². The van der Waals surface area contributed by atoms with Crippen LogP contribution in [0, 0.1) is 13.8 Å². The number of aryl methyl sites for hydroxylation is 2. The number of guanidine groups is 1. The van der Waals surface area contributed by atoms with E-state index in [1.54, 1.807) is 7.11 Å². The van der Waals surface area contributed by atoms with Crippen LogP contribution in [-0.2, 0) is 11.2 Å². The van der Waals surface area contributed by atoms with Gasteiger partial charge in [0.25, 0.3) is 0 Å². The summed E-state index contributed by atoms with van der Waals surface area (Å²) in [5, 5.41) is 6.93. The number of nitrogens with one attached hydrogen (secondary N) is 1. The van der Waals surface area contributed by atoms with Crippen molar-refractivity contribution >= 4 is 5.96 Å². The predicted octanol–water partition coefficient (Wildman–Crippen LogP) is 0.385. The van der Waals surface area contributed by atoms with Gasteiger partial charge in [-0.25, -0.2) is 0 Å². The van der Waals surface area contributed by atoms with E-state index in [9.17, 15) is 0 Å². The minimum absolute atomic E-state index is 0.439. The molecule has 6 nitrogen and oxygen atoms in total. The predicted molar refractivity (Wildman–Crippen MR) is 66.0 cm³/mol. The van der Waals surface area contributed by atoms with Crippen LogP contribution in [0.5, 0.6) is 0 Å². The van der Waals surface area contributed by atoms with Gasteiger partial charge in [-0.1, -0.05) is 5.16 Å². The molecule has 0 fully saturated rings. The lowest BCUT2D eigenvalue weighted by Crippen LogP contribution is -2.33. The van der Waals surface area contributed by atoms with E-state index in [2.05, 4.69) is 15.5 Å². The van der Waals surface area contributed by atoms with E-state index in [4.69, 9.17) is 15.0 Å². The lowest BCUT2D eigenvalue weighted by atomic mass is 10.1. The first kappa shape index (κ1) is 13.5. The van der Waals surface area contributed by atoms with E-state index in [0.717, 1.165) is 23.4 Å². The molecule has 6 heteroatoms. The third-order valence-electron chi connectivity index (χ3n) is 2.44. The number of nitrogens with two attached hydrogens (primary N) is 1. The number of nitrogens with zero attached hydrogens (tertiary/aromatic N) is 2. The second kappa shape index (κ2) is 6.90. The fourth-order valence-corrected chi connectivity index (χ4v) is 1.49. The van der Waals surface area contributed by atoms with Gasteiger partial charge in [0.2, 0.25) is 0 Å². The van der Waals surface area contributed by atoms with Gasteiger partial charge in [0.15, 0.2) is 5.96 Å². The molecular weight excluding hydrogens is 220 g/mol. The highest BCUT2D eigenvalue weighted by Gasteiger charge is 2.07. The zero-order valence-electron chi connectivity index (χ0n) is 10.6. The molecule has 0 saturated heterocycles. The SMILES string of the molecule is COCCN=C(N)NCCc1c(C)noc1C. The second-order valence-electron chi connectivity index (χ2n) is 3.74. The maximum atomic E-state index is 5.67.